The highest BCUT2D eigenvalue weighted by Gasteiger charge is 2.21. The van der Waals surface area contributed by atoms with E-state index in [9.17, 15) is 14.4 Å². The van der Waals surface area contributed by atoms with E-state index in [4.69, 9.17) is 11.6 Å². The summed E-state index contributed by atoms with van der Waals surface area (Å²) in [7, 11) is 1.43. The van der Waals surface area contributed by atoms with Crippen LogP contribution in [0.15, 0.2) is 52.4 Å². The summed E-state index contributed by atoms with van der Waals surface area (Å²) >= 11 is 7.22. The molecule has 3 amide bonds. The Morgan fingerprint density at radius 3 is 2.47 bits per heavy atom. The third-order valence-corrected chi connectivity index (χ3v) is 6.53. The fourth-order valence-electron chi connectivity index (χ4n) is 3.12. The SMILES string of the molecule is CCC(C)c1ccc(-n2c(SC(C)C(=O)NC(=O)NC)nc3ccc(Cl)cc3c2=O)cc1. The maximum atomic E-state index is 13.4. The Hall–Kier alpha value is -2.84. The van der Waals surface area contributed by atoms with Gasteiger partial charge in [0.05, 0.1) is 21.8 Å². The Balaban J connectivity index is 2.10. The Labute approximate surface area is 195 Å². The first-order chi connectivity index (χ1) is 15.2. The van der Waals surface area contributed by atoms with Crippen molar-refractivity contribution >= 4 is 46.2 Å². The minimum atomic E-state index is -0.672. The van der Waals surface area contributed by atoms with Gasteiger partial charge in [-0.15, -0.1) is 0 Å². The molecular weight excluding hydrogens is 448 g/mol. The van der Waals surface area contributed by atoms with Crippen molar-refractivity contribution in [1.29, 1.82) is 0 Å². The lowest BCUT2D eigenvalue weighted by atomic mass is 9.98. The van der Waals surface area contributed by atoms with Gasteiger partial charge in [-0.05, 0) is 55.2 Å². The first kappa shape index (κ1) is 23.8. The van der Waals surface area contributed by atoms with Crippen LogP contribution >= 0.6 is 23.4 Å². The second kappa shape index (κ2) is 10.2. The maximum Gasteiger partial charge on any atom is 0.321 e. The van der Waals surface area contributed by atoms with Gasteiger partial charge < -0.3 is 5.32 Å². The number of imide groups is 1. The quantitative estimate of drug-likeness (QED) is 0.407. The Morgan fingerprint density at radius 1 is 1.16 bits per heavy atom. The zero-order valence-corrected chi connectivity index (χ0v) is 19.9. The van der Waals surface area contributed by atoms with Crippen molar-refractivity contribution in [3.8, 4) is 5.69 Å². The molecule has 2 atom stereocenters. The van der Waals surface area contributed by atoms with Crippen LogP contribution in [0.2, 0.25) is 5.02 Å². The molecule has 0 radical (unpaired) electrons. The number of nitrogens with one attached hydrogen (secondary N) is 2. The molecule has 3 aromatic rings. The molecular formula is C23H25ClN4O3S. The van der Waals surface area contributed by atoms with Crippen LogP contribution in [0.3, 0.4) is 0 Å². The molecule has 2 unspecified atom stereocenters. The predicted molar refractivity (Wildman–Crippen MR) is 129 cm³/mol. The predicted octanol–water partition coefficient (Wildman–Crippen LogP) is 4.49. The molecule has 0 aliphatic heterocycles. The summed E-state index contributed by atoms with van der Waals surface area (Å²) in [5.41, 5.74) is 2.01. The van der Waals surface area contributed by atoms with Gasteiger partial charge in [0, 0.05) is 12.1 Å². The maximum absolute atomic E-state index is 13.4. The molecule has 1 heterocycles. The first-order valence-corrected chi connectivity index (χ1v) is 11.5. The Kier molecular flexibility index (Phi) is 7.58. The van der Waals surface area contributed by atoms with Crippen molar-refractivity contribution in [2.24, 2.45) is 0 Å². The number of carbonyl (C=O) groups is 2. The van der Waals surface area contributed by atoms with Crippen molar-refractivity contribution in [3.63, 3.8) is 0 Å². The van der Waals surface area contributed by atoms with Gasteiger partial charge in [0.25, 0.3) is 5.56 Å². The van der Waals surface area contributed by atoms with Gasteiger partial charge in [-0.3, -0.25) is 19.5 Å². The number of carbonyl (C=O) groups excluding carboxylic acids is 2. The summed E-state index contributed by atoms with van der Waals surface area (Å²) in [6.45, 7) is 5.92. The van der Waals surface area contributed by atoms with Crippen LogP contribution in [0.4, 0.5) is 4.79 Å². The molecule has 168 valence electrons. The topological polar surface area (TPSA) is 93.1 Å². The minimum absolute atomic E-state index is 0.282. The summed E-state index contributed by atoms with van der Waals surface area (Å²) in [4.78, 5) is 42.0. The number of amides is 3. The van der Waals surface area contributed by atoms with Crippen molar-refractivity contribution in [2.45, 2.75) is 43.5 Å². The van der Waals surface area contributed by atoms with Crippen molar-refractivity contribution in [3.05, 3.63) is 63.4 Å². The lowest BCUT2D eigenvalue weighted by Gasteiger charge is -2.17. The van der Waals surface area contributed by atoms with Gasteiger partial charge >= 0.3 is 6.03 Å². The molecule has 32 heavy (non-hydrogen) atoms. The van der Waals surface area contributed by atoms with E-state index in [2.05, 4.69) is 29.5 Å². The summed E-state index contributed by atoms with van der Waals surface area (Å²) in [5, 5.41) is 5.10. The number of nitrogens with zero attached hydrogens (tertiary/aromatic N) is 2. The average Bonchev–Trinajstić information content (AvgIpc) is 2.79. The average molecular weight is 473 g/mol. The monoisotopic (exact) mass is 472 g/mol. The van der Waals surface area contributed by atoms with Crippen LogP contribution in [0.1, 0.15) is 38.7 Å². The van der Waals surface area contributed by atoms with Crippen molar-refractivity contribution < 1.29 is 9.59 Å². The van der Waals surface area contributed by atoms with Crippen LogP contribution in [0.25, 0.3) is 16.6 Å². The molecule has 0 fully saturated rings. The van der Waals surface area contributed by atoms with E-state index in [0.717, 1.165) is 18.2 Å². The number of halogens is 1. The van der Waals surface area contributed by atoms with Crippen LogP contribution in [0, 0.1) is 0 Å². The third kappa shape index (κ3) is 5.14. The molecule has 0 saturated heterocycles. The van der Waals surface area contributed by atoms with Crippen molar-refractivity contribution in [2.75, 3.05) is 7.05 Å². The van der Waals surface area contributed by atoms with E-state index in [-0.39, 0.29) is 5.56 Å². The number of hydrogen-bond donors (Lipinski definition) is 2. The van der Waals surface area contributed by atoms with Gasteiger partial charge in [0.15, 0.2) is 5.16 Å². The number of urea groups is 1. The van der Waals surface area contributed by atoms with E-state index in [1.165, 1.54) is 17.2 Å². The van der Waals surface area contributed by atoms with Crippen LogP contribution < -0.4 is 16.2 Å². The minimum Gasteiger partial charge on any atom is -0.341 e. The zero-order valence-electron chi connectivity index (χ0n) is 18.3. The highest BCUT2D eigenvalue weighted by atomic mass is 35.5. The third-order valence-electron chi connectivity index (χ3n) is 5.25. The largest absolute Gasteiger partial charge is 0.341 e. The highest BCUT2D eigenvalue weighted by molar-refractivity contribution is 8.00. The van der Waals surface area contributed by atoms with Crippen LogP contribution in [0.5, 0.6) is 0 Å². The molecule has 2 N–H and O–H groups in total. The Morgan fingerprint density at radius 2 is 1.84 bits per heavy atom. The molecule has 2 aromatic carbocycles. The standard InChI is InChI=1S/C23H25ClN4O3S/c1-5-13(2)15-6-9-17(10-7-15)28-21(30)18-12-16(24)8-11-19(18)26-23(28)32-14(3)20(29)27-22(31)25-4/h6-14H,5H2,1-4H3,(H2,25,27,29,31). The summed E-state index contributed by atoms with van der Waals surface area (Å²) in [6, 6.07) is 12.1. The number of thioether (sulfide) groups is 1. The van der Waals surface area contributed by atoms with E-state index < -0.39 is 17.2 Å². The van der Waals surface area contributed by atoms with Crippen molar-refractivity contribution in [1.82, 2.24) is 20.2 Å². The summed E-state index contributed by atoms with van der Waals surface area (Å²) < 4.78 is 1.48. The molecule has 0 aliphatic carbocycles. The molecule has 7 nitrogen and oxygen atoms in total. The summed E-state index contributed by atoms with van der Waals surface area (Å²) in [5.74, 6) is -0.0879. The number of fused-ring (bicyclic) bond motifs is 1. The molecule has 1 aromatic heterocycles. The smallest absolute Gasteiger partial charge is 0.321 e. The van der Waals surface area contributed by atoms with Gasteiger partial charge in [-0.1, -0.05) is 49.3 Å². The number of rotatable bonds is 6. The molecule has 0 spiro atoms. The lowest BCUT2D eigenvalue weighted by Crippen LogP contribution is -2.41. The van der Waals surface area contributed by atoms with E-state index >= 15 is 0 Å². The van der Waals surface area contributed by atoms with E-state index in [1.54, 1.807) is 25.1 Å². The molecule has 3 rings (SSSR count). The molecule has 0 saturated carbocycles. The second-order valence-electron chi connectivity index (χ2n) is 7.43. The Bertz CT molecular complexity index is 1210. The van der Waals surface area contributed by atoms with Gasteiger partial charge in [0.2, 0.25) is 5.91 Å². The van der Waals surface area contributed by atoms with E-state index in [1.807, 2.05) is 24.3 Å². The van der Waals surface area contributed by atoms with E-state index in [0.29, 0.717) is 32.7 Å². The fourth-order valence-corrected chi connectivity index (χ4v) is 4.22. The first-order valence-electron chi connectivity index (χ1n) is 10.3. The van der Waals surface area contributed by atoms with Crippen LogP contribution in [-0.4, -0.2) is 33.8 Å². The fraction of sp³-hybridized carbons (Fsp3) is 0.304. The van der Waals surface area contributed by atoms with Gasteiger partial charge in [0.1, 0.15) is 0 Å². The number of hydrogen-bond acceptors (Lipinski definition) is 5. The molecule has 0 bridgehead atoms. The number of benzene rings is 2. The summed E-state index contributed by atoms with van der Waals surface area (Å²) in [6.07, 6.45) is 1.01. The molecule has 0 aliphatic rings. The van der Waals surface area contributed by atoms with Crippen LogP contribution in [-0.2, 0) is 4.79 Å². The zero-order chi connectivity index (χ0) is 23.4. The molecule has 9 heteroatoms. The lowest BCUT2D eigenvalue weighted by molar-refractivity contribution is -0.119. The number of aromatic nitrogens is 2. The normalized spacial score (nSPS) is 12.9. The highest BCUT2D eigenvalue weighted by Crippen LogP contribution is 2.27. The second-order valence-corrected chi connectivity index (χ2v) is 9.17. The van der Waals surface area contributed by atoms with Gasteiger partial charge in [-0.2, -0.15) is 0 Å². The van der Waals surface area contributed by atoms with Gasteiger partial charge in [-0.25, -0.2) is 9.78 Å².